The van der Waals surface area contributed by atoms with Crippen LogP contribution in [0.2, 0.25) is 0 Å². The van der Waals surface area contributed by atoms with E-state index in [1.54, 1.807) is 0 Å². The maximum Gasteiger partial charge on any atom is 0.445 e. The van der Waals surface area contributed by atoms with Crippen molar-refractivity contribution in [3.8, 4) is 10.9 Å². The molecule has 0 amide bonds. The van der Waals surface area contributed by atoms with Crippen LogP contribution in [-0.4, -0.2) is 10.2 Å². The molecule has 0 aliphatic carbocycles. The number of ether oxygens (including phenoxy) is 1. The third kappa shape index (κ3) is 2.50. The Morgan fingerprint density at radius 2 is 1.94 bits per heavy atom. The molecule has 0 aliphatic heterocycles. The summed E-state index contributed by atoms with van der Waals surface area (Å²) in [5.74, 6) is -1.17. The van der Waals surface area contributed by atoms with Gasteiger partial charge in [-0.2, -0.15) is 13.2 Å². The Kier molecular flexibility index (Phi) is 3.07. The van der Waals surface area contributed by atoms with Crippen LogP contribution in [0, 0.1) is 5.82 Å². The summed E-state index contributed by atoms with van der Waals surface area (Å²) in [5, 5.41) is 4.46. The standard InChI is InChI=1S/C9H5F4N3OS/c10-4-2-1-3-5(14)6(4)17-8-16-15-7(18-8)9(11,12)13/h1-3H,14H2. The lowest BCUT2D eigenvalue weighted by molar-refractivity contribution is -0.138. The number of rotatable bonds is 2. The van der Waals surface area contributed by atoms with Gasteiger partial charge >= 0.3 is 6.18 Å². The van der Waals surface area contributed by atoms with Gasteiger partial charge in [-0.3, -0.25) is 0 Å². The number of hydrogen-bond acceptors (Lipinski definition) is 5. The predicted molar refractivity (Wildman–Crippen MR) is 55.8 cm³/mol. The highest BCUT2D eigenvalue weighted by Crippen LogP contribution is 2.37. The molecule has 96 valence electrons. The molecule has 0 aliphatic rings. The molecule has 0 radical (unpaired) electrons. The molecule has 0 bridgehead atoms. The minimum absolute atomic E-state index is 0.0428. The van der Waals surface area contributed by atoms with Crippen molar-refractivity contribution < 1.29 is 22.3 Å². The highest BCUT2D eigenvalue weighted by atomic mass is 32.1. The molecule has 9 heteroatoms. The van der Waals surface area contributed by atoms with E-state index in [2.05, 4.69) is 10.2 Å². The molecule has 1 heterocycles. The number of aromatic nitrogens is 2. The van der Waals surface area contributed by atoms with E-state index in [-0.39, 0.29) is 22.8 Å². The minimum Gasteiger partial charge on any atom is -0.424 e. The van der Waals surface area contributed by atoms with Crippen LogP contribution < -0.4 is 10.5 Å². The summed E-state index contributed by atoms with van der Waals surface area (Å²) in [6.45, 7) is 0. The van der Waals surface area contributed by atoms with Crippen molar-refractivity contribution in [1.29, 1.82) is 0 Å². The second-order valence-corrected chi connectivity index (χ2v) is 4.07. The van der Waals surface area contributed by atoms with Crippen LogP contribution in [0.5, 0.6) is 10.9 Å². The molecule has 2 N–H and O–H groups in total. The number of nitrogen functional groups attached to an aromatic ring is 1. The van der Waals surface area contributed by atoms with Crippen LogP contribution in [0.1, 0.15) is 5.01 Å². The highest BCUT2D eigenvalue weighted by Gasteiger charge is 2.36. The van der Waals surface area contributed by atoms with Crippen LogP contribution in [0.3, 0.4) is 0 Å². The fraction of sp³-hybridized carbons (Fsp3) is 0.111. The van der Waals surface area contributed by atoms with Gasteiger partial charge in [0, 0.05) is 0 Å². The maximum atomic E-state index is 13.3. The first-order valence-electron chi connectivity index (χ1n) is 4.50. The Balaban J connectivity index is 2.27. The summed E-state index contributed by atoms with van der Waals surface area (Å²) in [7, 11) is 0. The molecule has 0 saturated carbocycles. The lowest BCUT2D eigenvalue weighted by atomic mass is 10.3. The second kappa shape index (κ2) is 4.41. The number of benzene rings is 1. The van der Waals surface area contributed by atoms with E-state index in [0.717, 1.165) is 6.07 Å². The third-order valence-electron chi connectivity index (χ3n) is 1.84. The molecule has 2 aromatic rings. The van der Waals surface area contributed by atoms with Crippen LogP contribution in [-0.2, 0) is 6.18 Å². The number of halogens is 4. The first-order valence-corrected chi connectivity index (χ1v) is 5.32. The normalized spacial score (nSPS) is 11.6. The van der Waals surface area contributed by atoms with E-state index in [1.165, 1.54) is 12.1 Å². The third-order valence-corrected chi connectivity index (χ3v) is 2.68. The zero-order valence-electron chi connectivity index (χ0n) is 8.53. The zero-order valence-corrected chi connectivity index (χ0v) is 9.35. The van der Waals surface area contributed by atoms with Gasteiger partial charge in [0.25, 0.3) is 5.19 Å². The topological polar surface area (TPSA) is 61.0 Å². The Morgan fingerprint density at radius 1 is 1.22 bits per heavy atom. The molecule has 0 spiro atoms. The zero-order chi connectivity index (χ0) is 13.3. The summed E-state index contributed by atoms with van der Waals surface area (Å²) in [6, 6.07) is 3.76. The highest BCUT2D eigenvalue weighted by molar-refractivity contribution is 7.13. The van der Waals surface area contributed by atoms with E-state index in [4.69, 9.17) is 10.5 Å². The fourth-order valence-corrected chi connectivity index (χ4v) is 1.66. The summed E-state index contributed by atoms with van der Waals surface area (Å²) in [6.07, 6.45) is -4.61. The number of nitrogens with zero attached hydrogens (tertiary/aromatic N) is 2. The largest absolute Gasteiger partial charge is 0.445 e. The molecule has 4 nitrogen and oxygen atoms in total. The Hall–Kier alpha value is -1.90. The second-order valence-electron chi connectivity index (χ2n) is 3.13. The van der Waals surface area contributed by atoms with E-state index in [9.17, 15) is 17.6 Å². The number of alkyl halides is 3. The van der Waals surface area contributed by atoms with E-state index in [1.807, 2.05) is 0 Å². The molecular weight excluding hydrogens is 274 g/mol. The average molecular weight is 279 g/mol. The van der Waals surface area contributed by atoms with Crippen molar-refractivity contribution in [3.05, 3.63) is 29.0 Å². The summed E-state index contributed by atoms with van der Waals surface area (Å²) >= 11 is 0.160. The SMILES string of the molecule is Nc1cccc(F)c1Oc1nnc(C(F)(F)F)s1. The molecule has 0 atom stereocenters. The molecule has 1 aromatic heterocycles. The van der Waals surface area contributed by atoms with Crippen molar-refractivity contribution in [1.82, 2.24) is 10.2 Å². The van der Waals surface area contributed by atoms with Crippen molar-refractivity contribution in [2.45, 2.75) is 6.18 Å². The van der Waals surface area contributed by atoms with Crippen molar-refractivity contribution >= 4 is 17.0 Å². The van der Waals surface area contributed by atoms with Gasteiger partial charge in [-0.05, 0) is 12.1 Å². The molecule has 2 rings (SSSR count). The van der Waals surface area contributed by atoms with Gasteiger partial charge in [-0.15, -0.1) is 5.10 Å². The van der Waals surface area contributed by atoms with Crippen LogP contribution in [0.25, 0.3) is 0 Å². The molecule has 18 heavy (non-hydrogen) atoms. The van der Waals surface area contributed by atoms with E-state index in [0.29, 0.717) is 0 Å². The first kappa shape index (κ1) is 12.6. The van der Waals surface area contributed by atoms with Crippen molar-refractivity contribution in [2.24, 2.45) is 0 Å². The molecule has 0 saturated heterocycles. The summed E-state index contributed by atoms with van der Waals surface area (Å²) < 4.78 is 54.9. The Labute approximate surface area is 102 Å². The van der Waals surface area contributed by atoms with Gasteiger partial charge in [0.15, 0.2) is 11.6 Å². The minimum atomic E-state index is -4.61. The average Bonchev–Trinajstić information content (AvgIpc) is 2.72. The monoisotopic (exact) mass is 279 g/mol. The number of para-hydroxylation sites is 1. The van der Waals surface area contributed by atoms with Gasteiger partial charge in [0.2, 0.25) is 5.01 Å². The molecule has 0 fully saturated rings. The number of nitrogens with two attached hydrogens (primary N) is 1. The quantitative estimate of drug-likeness (QED) is 0.678. The van der Waals surface area contributed by atoms with Gasteiger partial charge in [-0.1, -0.05) is 22.5 Å². The van der Waals surface area contributed by atoms with Crippen LogP contribution in [0.4, 0.5) is 23.2 Å². The Morgan fingerprint density at radius 3 is 2.50 bits per heavy atom. The van der Waals surface area contributed by atoms with Gasteiger partial charge < -0.3 is 10.5 Å². The van der Waals surface area contributed by atoms with Crippen LogP contribution >= 0.6 is 11.3 Å². The Bertz CT molecular complexity index is 549. The van der Waals surface area contributed by atoms with E-state index < -0.39 is 22.2 Å². The number of hydrogen-bond donors (Lipinski definition) is 1. The van der Waals surface area contributed by atoms with Gasteiger partial charge in [-0.25, -0.2) is 4.39 Å². The molecule has 1 aromatic carbocycles. The smallest absolute Gasteiger partial charge is 0.424 e. The fourth-order valence-electron chi connectivity index (χ4n) is 1.09. The summed E-state index contributed by atoms with van der Waals surface area (Å²) in [5.41, 5.74) is 5.39. The first-order chi connectivity index (χ1) is 8.38. The molecular formula is C9H5F4N3OS. The van der Waals surface area contributed by atoms with Crippen molar-refractivity contribution in [2.75, 3.05) is 5.73 Å². The molecule has 0 unspecified atom stereocenters. The van der Waals surface area contributed by atoms with Crippen LogP contribution in [0.15, 0.2) is 18.2 Å². The van der Waals surface area contributed by atoms with Crippen molar-refractivity contribution in [3.63, 3.8) is 0 Å². The predicted octanol–water partition coefficient (Wildman–Crippen LogP) is 3.07. The van der Waals surface area contributed by atoms with Gasteiger partial charge in [0.1, 0.15) is 0 Å². The van der Waals surface area contributed by atoms with E-state index >= 15 is 0 Å². The lowest BCUT2D eigenvalue weighted by Gasteiger charge is -2.05. The number of anilines is 1. The lowest BCUT2D eigenvalue weighted by Crippen LogP contribution is -2.03. The summed E-state index contributed by atoms with van der Waals surface area (Å²) in [4.78, 5) is 0. The van der Waals surface area contributed by atoms with Gasteiger partial charge in [0.05, 0.1) is 5.69 Å². The maximum absolute atomic E-state index is 13.3.